The number of hydrogen-bond acceptors (Lipinski definition) is 5. The molecular formula is C16H16N2O3S. The van der Waals surface area contributed by atoms with E-state index in [1.54, 1.807) is 36.6 Å². The highest BCUT2D eigenvalue weighted by Gasteiger charge is 2.32. The molecule has 0 aliphatic carbocycles. The van der Waals surface area contributed by atoms with Crippen LogP contribution in [0.2, 0.25) is 0 Å². The van der Waals surface area contributed by atoms with Gasteiger partial charge < -0.3 is 9.84 Å². The van der Waals surface area contributed by atoms with Crippen LogP contribution in [0.1, 0.15) is 29.8 Å². The summed E-state index contributed by atoms with van der Waals surface area (Å²) >= 11 is 1.60. The van der Waals surface area contributed by atoms with Crippen molar-refractivity contribution in [3.63, 3.8) is 0 Å². The van der Waals surface area contributed by atoms with Crippen LogP contribution >= 0.6 is 11.3 Å². The number of carbonyl (C=O) groups excluding carboxylic acids is 1. The molecular weight excluding hydrogens is 300 g/mol. The first-order chi connectivity index (χ1) is 10.6. The van der Waals surface area contributed by atoms with Gasteiger partial charge >= 0.3 is 0 Å². The average Bonchev–Trinajstić information content (AvgIpc) is 3.15. The third-order valence-electron chi connectivity index (χ3n) is 3.62. The van der Waals surface area contributed by atoms with E-state index in [0.29, 0.717) is 23.4 Å². The SMILES string of the molecule is COc1ccc(C2=NN(C(C)=O)[C@H](c3cccs3)C2)c(O)c1. The first-order valence-corrected chi connectivity index (χ1v) is 7.76. The minimum atomic E-state index is -0.110. The van der Waals surface area contributed by atoms with E-state index >= 15 is 0 Å². The molecule has 114 valence electrons. The van der Waals surface area contributed by atoms with Crippen LogP contribution in [0.15, 0.2) is 40.8 Å². The normalized spacial score (nSPS) is 17.5. The van der Waals surface area contributed by atoms with Crippen LogP contribution in [0.5, 0.6) is 11.5 Å². The van der Waals surface area contributed by atoms with Gasteiger partial charge in [-0.15, -0.1) is 11.3 Å². The maximum absolute atomic E-state index is 11.9. The van der Waals surface area contributed by atoms with E-state index in [-0.39, 0.29) is 17.7 Å². The zero-order valence-corrected chi connectivity index (χ0v) is 13.1. The van der Waals surface area contributed by atoms with E-state index in [0.717, 1.165) is 4.88 Å². The number of methoxy groups -OCH3 is 1. The largest absolute Gasteiger partial charge is 0.507 e. The van der Waals surface area contributed by atoms with Crippen molar-refractivity contribution in [2.45, 2.75) is 19.4 Å². The Morgan fingerprint density at radius 2 is 2.27 bits per heavy atom. The molecule has 22 heavy (non-hydrogen) atoms. The highest BCUT2D eigenvalue weighted by atomic mass is 32.1. The molecule has 0 unspecified atom stereocenters. The molecule has 1 N–H and O–H groups in total. The Balaban J connectivity index is 1.95. The molecule has 0 radical (unpaired) electrons. The molecule has 0 spiro atoms. The lowest BCUT2D eigenvalue weighted by Gasteiger charge is -2.18. The molecule has 1 aromatic heterocycles. The van der Waals surface area contributed by atoms with Crippen molar-refractivity contribution in [2.24, 2.45) is 5.10 Å². The first kappa shape index (κ1) is 14.6. The summed E-state index contributed by atoms with van der Waals surface area (Å²) in [5, 5.41) is 18.1. The molecule has 1 aliphatic rings. The van der Waals surface area contributed by atoms with Gasteiger partial charge in [0.1, 0.15) is 11.5 Å². The predicted molar refractivity (Wildman–Crippen MR) is 85.4 cm³/mol. The summed E-state index contributed by atoms with van der Waals surface area (Å²) in [6.45, 7) is 1.50. The number of nitrogens with zero attached hydrogens (tertiary/aromatic N) is 2. The minimum Gasteiger partial charge on any atom is -0.507 e. The number of benzene rings is 1. The molecule has 1 atom stereocenters. The van der Waals surface area contributed by atoms with Gasteiger partial charge in [-0.05, 0) is 23.6 Å². The third-order valence-corrected chi connectivity index (χ3v) is 4.59. The summed E-state index contributed by atoms with van der Waals surface area (Å²) in [5.41, 5.74) is 1.33. The van der Waals surface area contributed by atoms with E-state index in [1.807, 2.05) is 17.5 Å². The second-order valence-corrected chi connectivity index (χ2v) is 6.01. The fraction of sp³-hybridized carbons (Fsp3) is 0.250. The third kappa shape index (κ3) is 2.57. The average molecular weight is 316 g/mol. The zero-order chi connectivity index (χ0) is 15.7. The van der Waals surface area contributed by atoms with Gasteiger partial charge in [-0.25, -0.2) is 5.01 Å². The first-order valence-electron chi connectivity index (χ1n) is 6.88. The number of phenolic OH excluding ortho intramolecular Hbond substituents is 1. The number of rotatable bonds is 3. The summed E-state index contributed by atoms with van der Waals surface area (Å²) in [5.74, 6) is 0.577. The topological polar surface area (TPSA) is 62.1 Å². The molecule has 5 nitrogen and oxygen atoms in total. The molecule has 6 heteroatoms. The van der Waals surface area contributed by atoms with Gasteiger partial charge in [-0.1, -0.05) is 6.07 Å². The maximum Gasteiger partial charge on any atom is 0.240 e. The molecule has 2 heterocycles. The predicted octanol–water partition coefficient (Wildman–Crippen LogP) is 3.16. The van der Waals surface area contributed by atoms with Gasteiger partial charge in [0.05, 0.1) is 18.9 Å². The van der Waals surface area contributed by atoms with Crippen molar-refractivity contribution in [1.29, 1.82) is 0 Å². The highest BCUT2D eigenvalue weighted by molar-refractivity contribution is 7.10. The Bertz CT molecular complexity index is 725. The Kier molecular flexibility index (Phi) is 3.85. The number of ether oxygens (including phenoxy) is 1. The number of hydrogen-bond donors (Lipinski definition) is 1. The monoisotopic (exact) mass is 316 g/mol. The summed E-state index contributed by atoms with van der Waals surface area (Å²) in [4.78, 5) is 12.9. The van der Waals surface area contributed by atoms with Crippen molar-refractivity contribution < 1.29 is 14.6 Å². The van der Waals surface area contributed by atoms with Gasteiger partial charge in [0, 0.05) is 29.9 Å². The molecule has 0 saturated carbocycles. The summed E-state index contributed by atoms with van der Waals surface area (Å²) in [7, 11) is 1.55. The van der Waals surface area contributed by atoms with Crippen molar-refractivity contribution in [3.05, 3.63) is 46.2 Å². The van der Waals surface area contributed by atoms with Gasteiger partial charge in [-0.2, -0.15) is 5.10 Å². The Morgan fingerprint density at radius 1 is 1.45 bits per heavy atom. The smallest absolute Gasteiger partial charge is 0.240 e. The van der Waals surface area contributed by atoms with Gasteiger partial charge in [0.25, 0.3) is 0 Å². The summed E-state index contributed by atoms with van der Waals surface area (Å²) in [6.07, 6.45) is 0.583. The van der Waals surface area contributed by atoms with E-state index in [9.17, 15) is 9.90 Å². The van der Waals surface area contributed by atoms with Gasteiger partial charge in [-0.3, -0.25) is 4.79 Å². The summed E-state index contributed by atoms with van der Waals surface area (Å²) < 4.78 is 5.09. The minimum absolute atomic E-state index is 0.103. The quantitative estimate of drug-likeness (QED) is 0.946. The second-order valence-electron chi connectivity index (χ2n) is 5.03. The lowest BCUT2D eigenvalue weighted by atomic mass is 10.0. The molecule has 1 amide bonds. The molecule has 0 saturated heterocycles. The molecule has 2 aromatic rings. The molecule has 1 aliphatic heterocycles. The van der Waals surface area contributed by atoms with E-state index < -0.39 is 0 Å². The van der Waals surface area contributed by atoms with Crippen molar-refractivity contribution >= 4 is 23.0 Å². The van der Waals surface area contributed by atoms with Crippen LogP contribution < -0.4 is 4.74 Å². The van der Waals surface area contributed by atoms with E-state index in [4.69, 9.17) is 4.74 Å². The van der Waals surface area contributed by atoms with Crippen molar-refractivity contribution in [2.75, 3.05) is 7.11 Å². The molecule has 0 fully saturated rings. The molecule has 0 bridgehead atoms. The number of hydrazone groups is 1. The van der Waals surface area contributed by atoms with Crippen LogP contribution in [0, 0.1) is 0 Å². The second kappa shape index (κ2) is 5.81. The lowest BCUT2D eigenvalue weighted by molar-refractivity contribution is -0.130. The van der Waals surface area contributed by atoms with Crippen molar-refractivity contribution in [1.82, 2.24) is 5.01 Å². The van der Waals surface area contributed by atoms with Crippen molar-refractivity contribution in [3.8, 4) is 11.5 Å². The number of carbonyl (C=O) groups is 1. The van der Waals surface area contributed by atoms with Crippen LogP contribution in [-0.4, -0.2) is 28.8 Å². The lowest BCUT2D eigenvalue weighted by Crippen LogP contribution is -2.23. The van der Waals surface area contributed by atoms with Gasteiger partial charge in [0.15, 0.2) is 0 Å². The highest BCUT2D eigenvalue weighted by Crippen LogP contribution is 2.37. The number of amides is 1. The van der Waals surface area contributed by atoms with E-state index in [2.05, 4.69) is 5.10 Å². The molecule has 1 aromatic carbocycles. The Hall–Kier alpha value is -2.34. The van der Waals surface area contributed by atoms with Crippen LogP contribution in [0.3, 0.4) is 0 Å². The Morgan fingerprint density at radius 3 is 2.86 bits per heavy atom. The summed E-state index contributed by atoms with van der Waals surface area (Å²) in [6, 6.07) is 8.94. The fourth-order valence-corrected chi connectivity index (χ4v) is 3.36. The zero-order valence-electron chi connectivity index (χ0n) is 12.3. The fourth-order valence-electron chi connectivity index (χ4n) is 2.55. The van der Waals surface area contributed by atoms with Crippen LogP contribution in [0.25, 0.3) is 0 Å². The Labute approximate surface area is 132 Å². The standard InChI is InChI=1S/C16H16N2O3S/c1-10(19)18-14(16-4-3-7-22-16)9-13(17-18)12-6-5-11(21-2)8-15(12)20/h3-8,14,20H,9H2,1-2H3/t14-/m0/s1. The maximum atomic E-state index is 11.9. The number of phenols is 1. The molecule has 3 rings (SSSR count). The van der Waals surface area contributed by atoms with Gasteiger partial charge in [0.2, 0.25) is 5.91 Å². The number of thiophene rings is 1. The van der Waals surface area contributed by atoms with E-state index in [1.165, 1.54) is 11.9 Å². The number of aromatic hydroxyl groups is 1. The van der Waals surface area contributed by atoms with Crippen LogP contribution in [0.4, 0.5) is 0 Å². The van der Waals surface area contributed by atoms with Crippen LogP contribution in [-0.2, 0) is 4.79 Å².